The lowest BCUT2D eigenvalue weighted by atomic mass is 10.2. The Hall–Kier alpha value is -1.60. The number of nitrogens with one attached hydrogen (secondary N) is 1. The van der Waals surface area contributed by atoms with Crippen molar-refractivity contribution < 1.29 is 14.3 Å². The summed E-state index contributed by atoms with van der Waals surface area (Å²) < 4.78 is 5.40. The predicted molar refractivity (Wildman–Crippen MR) is 100 cm³/mol. The van der Waals surface area contributed by atoms with Crippen molar-refractivity contribution in [2.75, 3.05) is 39.3 Å². The van der Waals surface area contributed by atoms with Crippen LogP contribution in [0.1, 0.15) is 42.4 Å². The first kappa shape index (κ1) is 19.7. The number of piperazine rings is 1. The van der Waals surface area contributed by atoms with Gasteiger partial charge in [-0.3, -0.25) is 9.69 Å². The van der Waals surface area contributed by atoms with Gasteiger partial charge in [-0.2, -0.15) is 0 Å². The smallest absolute Gasteiger partial charge is 0.410 e. The van der Waals surface area contributed by atoms with Crippen LogP contribution in [0.15, 0.2) is 11.4 Å². The quantitative estimate of drug-likeness (QED) is 0.813. The molecule has 2 amide bonds. The van der Waals surface area contributed by atoms with Crippen LogP contribution in [0.3, 0.4) is 0 Å². The Bertz CT molecular complexity index is 587. The van der Waals surface area contributed by atoms with Crippen molar-refractivity contribution in [2.24, 2.45) is 0 Å². The van der Waals surface area contributed by atoms with Gasteiger partial charge < -0.3 is 15.0 Å². The van der Waals surface area contributed by atoms with Crippen LogP contribution in [0, 0.1) is 6.92 Å². The highest BCUT2D eigenvalue weighted by Crippen LogP contribution is 2.15. The van der Waals surface area contributed by atoms with Crippen LogP contribution in [0.5, 0.6) is 0 Å². The van der Waals surface area contributed by atoms with Crippen LogP contribution in [-0.4, -0.2) is 66.7 Å². The molecule has 0 bridgehead atoms. The van der Waals surface area contributed by atoms with Crippen molar-refractivity contribution in [2.45, 2.75) is 39.7 Å². The number of carbonyl (C=O) groups excluding carboxylic acids is 2. The van der Waals surface area contributed by atoms with E-state index < -0.39 is 5.60 Å². The molecule has 25 heavy (non-hydrogen) atoms. The summed E-state index contributed by atoms with van der Waals surface area (Å²) in [5.74, 6) is 0.0160. The van der Waals surface area contributed by atoms with Crippen molar-refractivity contribution in [1.29, 1.82) is 0 Å². The van der Waals surface area contributed by atoms with Gasteiger partial charge in [0.05, 0.1) is 4.88 Å². The van der Waals surface area contributed by atoms with E-state index in [1.54, 1.807) is 4.90 Å². The first-order valence-electron chi connectivity index (χ1n) is 8.79. The molecule has 1 N–H and O–H groups in total. The molecular weight excluding hydrogens is 338 g/mol. The van der Waals surface area contributed by atoms with Gasteiger partial charge in [-0.1, -0.05) is 0 Å². The van der Waals surface area contributed by atoms with Crippen molar-refractivity contribution in [3.8, 4) is 0 Å². The molecule has 0 aliphatic carbocycles. The molecule has 1 aliphatic rings. The van der Waals surface area contributed by atoms with Crippen LogP contribution >= 0.6 is 11.3 Å². The van der Waals surface area contributed by atoms with E-state index in [-0.39, 0.29) is 12.0 Å². The third-order valence-corrected chi connectivity index (χ3v) is 5.04. The minimum absolute atomic E-state index is 0.0160. The Morgan fingerprint density at radius 3 is 2.48 bits per heavy atom. The van der Waals surface area contributed by atoms with Gasteiger partial charge in [0.2, 0.25) is 0 Å². The van der Waals surface area contributed by atoms with E-state index in [4.69, 9.17) is 4.74 Å². The number of rotatable bonds is 5. The highest BCUT2D eigenvalue weighted by Gasteiger charge is 2.25. The summed E-state index contributed by atoms with van der Waals surface area (Å²) in [6, 6.07) is 1.96. The molecule has 6 nitrogen and oxygen atoms in total. The average Bonchev–Trinajstić information content (AvgIpc) is 2.96. The highest BCUT2D eigenvalue weighted by atomic mass is 32.1. The molecule has 0 unspecified atom stereocenters. The molecule has 0 aromatic carbocycles. The summed E-state index contributed by atoms with van der Waals surface area (Å²) >= 11 is 1.48. The Labute approximate surface area is 154 Å². The summed E-state index contributed by atoms with van der Waals surface area (Å²) in [6.45, 7) is 12.3. The van der Waals surface area contributed by atoms with Gasteiger partial charge >= 0.3 is 6.09 Å². The molecule has 1 aliphatic heterocycles. The molecule has 1 aromatic rings. The number of thiophene rings is 1. The van der Waals surface area contributed by atoms with E-state index in [0.29, 0.717) is 19.6 Å². The van der Waals surface area contributed by atoms with Crippen LogP contribution in [0.4, 0.5) is 4.79 Å². The summed E-state index contributed by atoms with van der Waals surface area (Å²) in [5, 5.41) is 4.92. The van der Waals surface area contributed by atoms with Crippen LogP contribution < -0.4 is 5.32 Å². The maximum Gasteiger partial charge on any atom is 0.410 e. The molecule has 0 saturated carbocycles. The molecule has 2 rings (SSSR count). The normalized spacial score (nSPS) is 15.9. The van der Waals surface area contributed by atoms with Gasteiger partial charge in [-0.05, 0) is 57.7 Å². The fourth-order valence-corrected chi connectivity index (χ4v) is 3.51. The number of hydrogen-bond acceptors (Lipinski definition) is 5. The van der Waals surface area contributed by atoms with Gasteiger partial charge in [0.25, 0.3) is 5.91 Å². The lowest BCUT2D eigenvalue weighted by Crippen LogP contribution is -2.50. The maximum atomic E-state index is 12.0. The third-order valence-electron chi connectivity index (χ3n) is 4.03. The van der Waals surface area contributed by atoms with E-state index in [0.717, 1.165) is 36.5 Å². The molecular formula is C18H29N3O3S. The summed E-state index contributed by atoms with van der Waals surface area (Å²) in [5.41, 5.74) is 0.577. The number of hydrogen-bond donors (Lipinski definition) is 1. The number of carbonyl (C=O) groups is 2. The predicted octanol–water partition coefficient (Wildman–Crippen LogP) is 2.73. The van der Waals surface area contributed by atoms with Gasteiger partial charge in [0, 0.05) is 32.7 Å². The first-order chi connectivity index (χ1) is 11.8. The molecule has 7 heteroatoms. The molecule has 1 aromatic heterocycles. The summed E-state index contributed by atoms with van der Waals surface area (Å²) in [7, 11) is 0. The third kappa shape index (κ3) is 6.32. The minimum Gasteiger partial charge on any atom is -0.444 e. The van der Waals surface area contributed by atoms with Gasteiger partial charge in [-0.25, -0.2) is 4.79 Å². The Morgan fingerprint density at radius 2 is 1.92 bits per heavy atom. The zero-order valence-corrected chi connectivity index (χ0v) is 16.4. The molecule has 1 saturated heterocycles. The Morgan fingerprint density at radius 1 is 1.24 bits per heavy atom. The molecule has 140 valence electrons. The average molecular weight is 368 g/mol. The fourth-order valence-electron chi connectivity index (χ4n) is 2.67. The van der Waals surface area contributed by atoms with Crippen LogP contribution in [-0.2, 0) is 4.74 Å². The van der Waals surface area contributed by atoms with Gasteiger partial charge in [0.15, 0.2) is 0 Å². The maximum absolute atomic E-state index is 12.0. The van der Waals surface area contributed by atoms with E-state index in [1.807, 2.05) is 39.1 Å². The second-order valence-electron chi connectivity index (χ2n) is 7.35. The zero-order valence-electron chi connectivity index (χ0n) is 15.6. The van der Waals surface area contributed by atoms with Crippen molar-refractivity contribution in [3.63, 3.8) is 0 Å². The van der Waals surface area contributed by atoms with E-state index >= 15 is 0 Å². The topological polar surface area (TPSA) is 61.9 Å². The van der Waals surface area contributed by atoms with Crippen molar-refractivity contribution in [3.05, 3.63) is 21.9 Å². The highest BCUT2D eigenvalue weighted by molar-refractivity contribution is 7.12. The second kappa shape index (κ2) is 8.67. The Kier molecular flexibility index (Phi) is 6.84. The monoisotopic (exact) mass is 367 g/mol. The van der Waals surface area contributed by atoms with E-state index in [2.05, 4.69) is 10.2 Å². The molecule has 0 atom stereocenters. The number of nitrogens with zero attached hydrogens (tertiary/aromatic N) is 2. The minimum atomic E-state index is -0.451. The molecule has 0 spiro atoms. The first-order valence-corrected chi connectivity index (χ1v) is 9.67. The summed E-state index contributed by atoms with van der Waals surface area (Å²) in [6.07, 6.45) is 0.675. The fraction of sp³-hybridized carbons (Fsp3) is 0.667. The van der Waals surface area contributed by atoms with Gasteiger partial charge in [-0.15, -0.1) is 11.3 Å². The second-order valence-corrected chi connectivity index (χ2v) is 8.27. The lowest BCUT2D eigenvalue weighted by Gasteiger charge is -2.35. The number of ether oxygens (including phenoxy) is 1. The zero-order chi connectivity index (χ0) is 18.4. The number of amides is 2. The van der Waals surface area contributed by atoms with Crippen LogP contribution in [0.25, 0.3) is 0 Å². The Balaban J connectivity index is 1.62. The summed E-state index contributed by atoms with van der Waals surface area (Å²) in [4.78, 5) is 29.0. The van der Waals surface area contributed by atoms with E-state index in [9.17, 15) is 9.59 Å². The van der Waals surface area contributed by atoms with Crippen molar-refractivity contribution in [1.82, 2.24) is 15.1 Å². The largest absolute Gasteiger partial charge is 0.444 e. The molecule has 0 radical (unpaired) electrons. The molecule has 1 fully saturated rings. The van der Waals surface area contributed by atoms with Gasteiger partial charge in [0.1, 0.15) is 5.60 Å². The van der Waals surface area contributed by atoms with Crippen molar-refractivity contribution >= 4 is 23.3 Å². The SMILES string of the molecule is Cc1ccsc1C(=O)NCCCN1CCN(C(=O)OC(C)(C)C)CC1. The number of aryl methyl sites for hydroxylation is 1. The van der Waals surface area contributed by atoms with E-state index in [1.165, 1.54) is 11.3 Å². The lowest BCUT2D eigenvalue weighted by molar-refractivity contribution is 0.0144. The standard InChI is InChI=1S/C18H29N3O3S/c1-14-6-13-25-15(14)16(22)19-7-5-8-20-9-11-21(12-10-20)17(23)24-18(2,3)4/h6,13H,5,7-12H2,1-4H3,(H,19,22). The van der Waals surface area contributed by atoms with Crippen LogP contribution in [0.2, 0.25) is 0 Å². The molecule has 2 heterocycles.